The molecule has 0 amide bonds. The number of thiophene rings is 1. The lowest BCUT2D eigenvalue weighted by Crippen LogP contribution is -2.61. The zero-order valence-electron chi connectivity index (χ0n) is 55.5. The molecule has 0 saturated heterocycles. The highest BCUT2D eigenvalue weighted by Gasteiger charge is 2.50. The van der Waals surface area contributed by atoms with Crippen LogP contribution in [0.2, 0.25) is 0 Å². The molecule has 0 fully saturated rings. The number of nitrogens with zero attached hydrogens (tertiary/aromatic N) is 3. The van der Waals surface area contributed by atoms with E-state index in [0.29, 0.717) is 0 Å². The topological polar surface area (TPSA) is 11.4 Å². The standard InChI is InChI=1S/C80H94BN3S/c1-72(2,3)47-22-26-50(27-23-47)84-67-42-52(83-63-30-24-48(73(4,5)6)38-53(63)54-39-49(74(7,8)9)25-31-64(54)83)41-66-69(67)81(71-70(84)55-43-58-61(46-68(55)85-71)80(20,21)37-34-77(58,14)15)62-44-59-60(79(18,19)36-35-78(59,16)17)45-65(62)82(66)51-28-29-56-57(40-51)76(12,13)33-32-75(56,10)11/h22-31,38-46H,32-37H2,1-21H3. The van der Waals surface area contributed by atoms with Crippen LogP contribution in [0.25, 0.3) is 37.6 Å². The van der Waals surface area contributed by atoms with Crippen molar-refractivity contribution in [1.29, 1.82) is 0 Å². The Hall–Kier alpha value is -6.04. The summed E-state index contributed by atoms with van der Waals surface area (Å²) < 4.78 is 5.50. The van der Waals surface area contributed by atoms with Crippen molar-refractivity contribution in [2.45, 2.75) is 233 Å². The van der Waals surface area contributed by atoms with Crippen LogP contribution >= 0.6 is 11.3 Å². The minimum atomic E-state index is -0.0148. The van der Waals surface area contributed by atoms with Gasteiger partial charge in [0.25, 0.3) is 6.71 Å². The molecule has 3 aliphatic carbocycles. The van der Waals surface area contributed by atoms with E-state index in [0.717, 1.165) is 19.3 Å². The summed E-state index contributed by atoms with van der Waals surface area (Å²) in [5, 5.41) is 4.00. The molecule has 5 aliphatic rings. The Labute approximate surface area is 514 Å². The molecule has 9 aromatic rings. The van der Waals surface area contributed by atoms with E-state index in [1.54, 1.807) is 0 Å². The molecule has 0 atom stereocenters. The van der Waals surface area contributed by atoms with Gasteiger partial charge in [-0.2, -0.15) is 0 Å². The second-order valence-corrected chi connectivity index (χ2v) is 35.4. The lowest BCUT2D eigenvalue weighted by atomic mass is 9.35. The average Bonchev–Trinajstić information content (AvgIpc) is 1.79. The number of hydrogen-bond donors (Lipinski definition) is 0. The third kappa shape index (κ3) is 8.51. The Morgan fingerprint density at radius 2 is 0.788 bits per heavy atom. The quantitative estimate of drug-likeness (QED) is 0.163. The molecule has 3 nitrogen and oxygen atoms in total. The van der Waals surface area contributed by atoms with Crippen LogP contribution in [-0.2, 0) is 48.7 Å². The minimum absolute atomic E-state index is 0.00286. The van der Waals surface area contributed by atoms with Gasteiger partial charge in [0.05, 0.1) is 22.4 Å². The first-order valence-corrected chi connectivity index (χ1v) is 33.2. The number of rotatable bonds is 3. The monoisotopic (exact) mass is 1140 g/mol. The Bertz CT molecular complexity index is 4240. The molecule has 0 bridgehead atoms. The molecular weight excluding hydrogens is 1050 g/mol. The first-order valence-electron chi connectivity index (χ1n) is 32.4. The first kappa shape index (κ1) is 56.8. The number of fused-ring (bicyclic) bond motifs is 12. The maximum Gasteiger partial charge on any atom is 0.264 e. The summed E-state index contributed by atoms with van der Waals surface area (Å²) in [4.78, 5) is 5.53. The molecule has 4 heterocycles. The van der Waals surface area contributed by atoms with Gasteiger partial charge in [-0.1, -0.05) is 182 Å². The van der Waals surface area contributed by atoms with Crippen molar-refractivity contribution in [3.8, 4) is 5.69 Å². The molecule has 5 heteroatoms. The van der Waals surface area contributed by atoms with E-state index in [4.69, 9.17) is 0 Å². The van der Waals surface area contributed by atoms with Gasteiger partial charge in [-0.25, -0.2) is 0 Å². The lowest BCUT2D eigenvalue weighted by Gasteiger charge is -2.47. The number of anilines is 6. The van der Waals surface area contributed by atoms with E-state index in [-0.39, 0.29) is 55.4 Å². The fourth-order valence-electron chi connectivity index (χ4n) is 16.3. The summed E-state index contributed by atoms with van der Waals surface area (Å²) in [7, 11) is 0. The smallest absolute Gasteiger partial charge is 0.264 e. The zero-order valence-corrected chi connectivity index (χ0v) is 56.4. The fraction of sp³-hybridized carbons (Fsp3) is 0.450. The van der Waals surface area contributed by atoms with Crippen molar-refractivity contribution >= 4 is 99.8 Å². The van der Waals surface area contributed by atoms with Crippen LogP contribution in [0.1, 0.15) is 234 Å². The van der Waals surface area contributed by atoms with Gasteiger partial charge in [0.2, 0.25) is 0 Å². The number of benzene rings is 7. The molecule has 0 spiro atoms. The highest BCUT2D eigenvalue weighted by molar-refractivity contribution is 7.33. The first-order chi connectivity index (χ1) is 39.5. The Balaban J connectivity index is 1.18. The number of hydrogen-bond acceptors (Lipinski definition) is 3. The predicted octanol–water partition coefficient (Wildman–Crippen LogP) is 21.0. The van der Waals surface area contributed by atoms with Gasteiger partial charge >= 0.3 is 0 Å². The Morgan fingerprint density at radius 1 is 0.365 bits per heavy atom. The van der Waals surface area contributed by atoms with Gasteiger partial charge < -0.3 is 14.4 Å². The summed E-state index contributed by atoms with van der Waals surface area (Å²) in [6.07, 6.45) is 7.02. The Kier molecular flexibility index (Phi) is 11.9. The SMILES string of the molecule is CC(C)(C)c1ccc(N2c3cc(-n4c5ccc(C(C)(C)C)cc5c5cc(C(C)(C)C)ccc54)cc4c3B(c3cc5c(cc3N4c3ccc4c(c3)C(C)(C)CCC4(C)C)C(C)(C)CCC5(C)C)c3sc4cc5c(cc4c32)C(C)(C)CCC5(C)C)cc1. The summed E-state index contributed by atoms with van der Waals surface area (Å²) in [5.41, 5.74) is 27.5. The van der Waals surface area contributed by atoms with Crippen LogP contribution < -0.4 is 25.5 Å². The van der Waals surface area contributed by atoms with Crippen LogP contribution in [0.3, 0.4) is 0 Å². The fourth-order valence-corrected chi connectivity index (χ4v) is 17.7. The van der Waals surface area contributed by atoms with E-state index >= 15 is 0 Å². The molecule has 0 radical (unpaired) electrons. The van der Waals surface area contributed by atoms with Gasteiger partial charge in [0, 0.05) is 54.1 Å². The van der Waals surface area contributed by atoms with E-state index in [9.17, 15) is 0 Å². The Morgan fingerprint density at radius 3 is 1.29 bits per heavy atom. The van der Waals surface area contributed by atoms with E-state index < -0.39 is 0 Å². The second kappa shape index (κ2) is 17.8. The second-order valence-electron chi connectivity index (χ2n) is 34.3. The van der Waals surface area contributed by atoms with E-state index in [1.807, 2.05) is 0 Å². The zero-order chi connectivity index (χ0) is 60.6. The van der Waals surface area contributed by atoms with Crippen molar-refractivity contribution in [2.24, 2.45) is 0 Å². The van der Waals surface area contributed by atoms with Crippen LogP contribution in [-0.4, -0.2) is 11.3 Å². The van der Waals surface area contributed by atoms with Crippen molar-refractivity contribution in [1.82, 2.24) is 4.57 Å². The summed E-state index contributed by atoms with van der Waals surface area (Å²) >= 11 is 2.08. The lowest BCUT2D eigenvalue weighted by molar-refractivity contribution is 0.332. The molecule has 0 unspecified atom stereocenters. The molecule has 14 rings (SSSR count). The van der Waals surface area contributed by atoms with Gasteiger partial charge in [-0.15, -0.1) is 11.3 Å². The van der Waals surface area contributed by atoms with Gasteiger partial charge in [0.15, 0.2) is 0 Å². The van der Waals surface area contributed by atoms with Crippen molar-refractivity contribution in [2.75, 3.05) is 9.80 Å². The maximum absolute atomic E-state index is 2.77. The normalized spacial score (nSPS) is 19.6. The van der Waals surface area contributed by atoms with Crippen LogP contribution in [0, 0.1) is 0 Å². The predicted molar refractivity (Wildman–Crippen MR) is 372 cm³/mol. The third-order valence-corrected chi connectivity index (χ3v) is 23.6. The van der Waals surface area contributed by atoms with Gasteiger partial charge in [-0.05, 0) is 227 Å². The van der Waals surface area contributed by atoms with Crippen molar-refractivity contribution < 1.29 is 0 Å². The molecule has 85 heavy (non-hydrogen) atoms. The van der Waals surface area contributed by atoms with Crippen LogP contribution in [0.15, 0.2) is 115 Å². The minimum Gasteiger partial charge on any atom is -0.311 e. The largest absolute Gasteiger partial charge is 0.311 e. The molecule has 7 aromatic carbocycles. The molecule has 2 aliphatic heterocycles. The molecule has 0 saturated carbocycles. The summed E-state index contributed by atoms with van der Waals surface area (Å²) in [6, 6.07) is 48.2. The van der Waals surface area contributed by atoms with Gasteiger partial charge in [-0.3, -0.25) is 0 Å². The average molecular weight is 1140 g/mol. The third-order valence-electron chi connectivity index (χ3n) is 22.4. The molecule has 0 N–H and O–H groups in total. The summed E-state index contributed by atoms with van der Waals surface area (Å²) in [6.45, 7) is 51.2. The molecule has 2 aromatic heterocycles. The highest BCUT2D eigenvalue weighted by atomic mass is 32.1. The summed E-state index contributed by atoms with van der Waals surface area (Å²) in [5.74, 6) is 0. The molecule has 438 valence electrons. The van der Waals surface area contributed by atoms with Gasteiger partial charge in [0.1, 0.15) is 0 Å². The van der Waals surface area contributed by atoms with Crippen molar-refractivity contribution in [3.05, 3.63) is 165 Å². The van der Waals surface area contributed by atoms with Crippen molar-refractivity contribution in [3.63, 3.8) is 0 Å². The van der Waals surface area contributed by atoms with E-state index in [1.165, 1.54) is 157 Å². The molecular formula is C80H94BN3S. The highest BCUT2D eigenvalue weighted by Crippen LogP contribution is 2.56. The number of aromatic nitrogens is 1. The van der Waals surface area contributed by atoms with E-state index in [2.05, 4.69) is 286 Å². The maximum atomic E-state index is 2.77. The van der Waals surface area contributed by atoms with Crippen LogP contribution in [0.5, 0.6) is 0 Å². The van der Waals surface area contributed by atoms with Crippen LogP contribution in [0.4, 0.5) is 34.1 Å².